The van der Waals surface area contributed by atoms with Gasteiger partial charge < -0.3 is 15.8 Å². The molecule has 0 saturated heterocycles. The number of benzene rings is 1. The van der Waals surface area contributed by atoms with Gasteiger partial charge in [-0.15, -0.1) is 0 Å². The fourth-order valence-electron chi connectivity index (χ4n) is 2.26. The zero-order valence-corrected chi connectivity index (χ0v) is 11.7. The van der Waals surface area contributed by atoms with Crippen molar-refractivity contribution in [2.24, 2.45) is 5.73 Å². The molecule has 19 heavy (non-hydrogen) atoms. The Hall–Kier alpha value is -1.26. The highest BCUT2D eigenvalue weighted by molar-refractivity contribution is 6.32. The first kappa shape index (κ1) is 14.2. The Morgan fingerprint density at radius 3 is 3.16 bits per heavy atom. The SMILES string of the molecule is CCCC(N)C(=O)NC1CCOc2c(Cl)cccc21. The number of fused-ring (bicyclic) bond motifs is 1. The predicted octanol–water partition coefficient (Wildman–Crippen LogP) is 2.41. The molecule has 1 heterocycles. The van der Waals surface area contributed by atoms with Crippen molar-refractivity contribution < 1.29 is 9.53 Å². The first-order chi connectivity index (χ1) is 9.13. The van der Waals surface area contributed by atoms with Crippen LogP contribution >= 0.6 is 11.6 Å². The average Bonchev–Trinajstić information content (AvgIpc) is 2.40. The van der Waals surface area contributed by atoms with Gasteiger partial charge in [-0.2, -0.15) is 0 Å². The molecule has 0 fully saturated rings. The van der Waals surface area contributed by atoms with E-state index in [1.807, 2.05) is 19.1 Å². The standard InChI is InChI=1S/C14H19ClN2O2/c1-2-4-11(16)14(18)17-12-7-8-19-13-9(12)5-3-6-10(13)15/h3,5-6,11-12H,2,4,7-8,16H2,1H3,(H,17,18). The van der Waals surface area contributed by atoms with Crippen molar-refractivity contribution in [1.82, 2.24) is 5.32 Å². The second kappa shape index (κ2) is 6.26. The summed E-state index contributed by atoms with van der Waals surface area (Å²) in [5, 5.41) is 3.56. The van der Waals surface area contributed by atoms with Crippen LogP contribution in [0.4, 0.5) is 0 Å². The molecule has 2 unspecified atom stereocenters. The van der Waals surface area contributed by atoms with Gasteiger partial charge in [-0.1, -0.05) is 37.1 Å². The predicted molar refractivity (Wildman–Crippen MR) is 75.3 cm³/mol. The Morgan fingerprint density at radius 1 is 1.63 bits per heavy atom. The molecule has 0 saturated carbocycles. The molecule has 0 spiro atoms. The largest absolute Gasteiger partial charge is 0.492 e. The second-order valence-electron chi connectivity index (χ2n) is 4.75. The van der Waals surface area contributed by atoms with Crippen LogP contribution in [0, 0.1) is 0 Å². The number of ether oxygens (including phenoxy) is 1. The highest BCUT2D eigenvalue weighted by Gasteiger charge is 2.26. The summed E-state index contributed by atoms with van der Waals surface area (Å²) >= 11 is 6.09. The monoisotopic (exact) mass is 282 g/mol. The Kier molecular flexibility index (Phi) is 4.66. The first-order valence-corrected chi connectivity index (χ1v) is 6.98. The molecule has 1 aromatic carbocycles. The molecule has 1 amide bonds. The van der Waals surface area contributed by atoms with Crippen molar-refractivity contribution in [2.45, 2.75) is 38.3 Å². The van der Waals surface area contributed by atoms with Gasteiger partial charge in [0.2, 0.25) is 5.91 Å². The third kappa shape index (κ3) is 3.19. The molecular formula is C14H19ClN2O2. The number of nitrogens with one attached hydrogen (secondary N) is 1. The van der Waals surface area contributed by atoms with Gasteiger partial charge in [-0.05, 0) is 12.5 Å². The quantitative estimate of drug-likeness (QED) is 0.891. The van der Waals surface area contributed by atoms with E-state index in [0.29, 0.717) is 23.8 Å². The molecule has 5 heteroatoms. The Morgan fingerprint density at radius 2 is 2.42 bits per heavy atom. The molecule has 104 valence electrons. The molecule has 0 aliphatic carbocycles. The lowest BCUT2D eigenvalue weighted by Crippen LogP contribution is -2.43. The van der Waals surface area contributed by atoms with E-state index in [1.165, 1.54) is 0 Å². The second-order valence-corrected chi connectivity index (χ2v) is 5.16. The van der Waals surface area contributed by atoms with Crippen molar-refractivity contribution >= 4 is 17.5 Å². The van der Waals surface area contributed by atoms with Gasteiger partial charge in [0.1, 0.15) is 5.75 Å². The fourth-order valence-corrected chi connectivity index (χ4v) is 2.49. The van der Waals surface area contributed by atoms with E-state index in [2.05, 4.69) is 5.32 Å². The third-order valence-corrected chi connectivity index (χ3v) is 3.58. The van der Waals surface area contributed by atoms with Crippen LogP contribution in [0.15, 0.2) is 18.2 Å². The van der Waals surface area contributed by atoms with Crippen LogP contribution in [0.2, 0.25) is 5.02 Å². The number of para-hydroxylation sites is 1. The van der Waals surface area contributed by atoms with E-state index in [1.54, 1.807) is 6.07 Å². The van der Waals surface area contributed by atoms with Crippen LogP contribution < -0.4 is 15.8 Å². The van der Waals surface area contributed by atoms with Gasteiger partial charge >= 0.3 is 0 Å². The highest BCUT2D eigenvalue weighted by Crippen LogP contribution is 2.37. The summed E-state index contributed by atoms with van der Waals surface area (Å²) in [7, 11) is 0. The van der Waals surface area contributed by atoms with Gasteiger partial charge in [0, 0.05) is 12.0 Å². The van der Waals surface area contributed by atoms with Crippen LogP contribution in [0.1, 0.15) is 37.8 Å². The van der Waals surface area contributed by atoms with Crippen molar-refractivity contribution in [2.75, 3.05) is 6.61 Å². The number of amides is 1. The zero-order valence-electron chi connectivity index (χ0n) is 11.0. The molecule has 2 atom stereocenters. The number of hydrogen-bond donors (Lipinski definition) is 2. The topological polar surface area (TPSA) is 64.4 Å². The summed E-state index contributed by atoms with van der Waals surface area (Å²) in [6, 6.07) is 5.05. The Balaban J connectivity index is 2.12. The maximum Gasteiger partial charge on any atom is 0.237 e. The van der Waals surface area contributed by atoms with Crippen molar-refractivity contribution in [3.63, 3.8) is 0 Å². The fraction of sp³-hybridized carbons (Fsp3) is 0.500. The van der Waals surface area contributed by atoms with Crippen molar-refractivity contribution in [3.8, 4) is 5.75 Å². The minimum absolute atomic E-state index is 0.0714. The van der Waals surface area contributed by atoms with Crippen LogP contribution in [0.25, 0.3) is 0 Å². The minimum atomic E-state index is -0.449. The summed E-state index contributed by atoms with van der Waals surface area (Å²) in [6.07, 6.45) is 2.32. The molecule has 0 bridgehead atoms. The number of halogens is 1. The molecule has 3 N–H and O–H groups in total. The summed E-state index contributed by atoms with van der Waals surface area (Å²) in [5.41, 5.74) is 6.75. The maximum absolute atomic E-state index is 12.0. The van der Waals surface area contributed by atoms with Gasteiger partial charge in [0.15, 0.2) is 0 Å². The maximum atomic E-state index is 12.0. The van der Waals surface area contributed by atoms with Crippen LogP contribution in [0.5, 0.6) is 5.75 Å². The van der Waals surface area contributed by atoms with Gasteiger partial charge in [0.25, 0.3) is 0 Å². The van der Waals surface area contributed by atoms with E-state index in [-0.39, 0.29) is 11.9 Å². The lowest BCUT2D eigenvalue weighted by atomic mass is 10.00. The van der Waals surface area contributed by atoms with E-state index in [4.69, 9.17) is 22.1 Å². The smallest absolute Gasteiger partial charge is 0.237 e. The first-order valence-electron chi connectivity index (χ1n) is 6.60. The van der Waals surface area contributed by atoms with Crippen LogP contribution in [0.3, 0.4) is 0 Å². The van der Waals surface area contributed by atoms with E-state index in [0.717, 1.165) is 18.4 Å². The number of rotatable bonds is 4. The summed E-state index contributed by atoms with van der Waals surface area (Å²) in [6.45, 7) is 2.56. The molecule has 2 rings (SSSR count). The van der Waals surface area contributed by atoms with Crippen molar-refractivity contribution in [1.29, 1.82) is 0 Å². The molecule has 4 nitrogen and oxygen atoms in total. The normalized spacial score (nSPS) is 19.2. The number of nitrogens with two attached hydrogens (primary N) is 1. The highest BCUT2D eigenvalue weighted by atomic mass is 35.5. The van der Waals surface area contributed by atoms with E-state index < -0.39 is 6.04 Å². The summed E-state index contributed by atoms with van der Waals surface area (Å²) in [5.74, 6) is 0.560. The lowest BCUT2D eigenvalue weighted by molar-refractivity contribution is -0.123. The molecule has 1 aliphatic heterocycles. The molecular weight excluding hydrogens is 264 g/mol. The average molecular weight is 283 g/mol. The van der Waals surface area contributed by atoms with Crippen molar-refractivity contribution in [3.05, 3.63) is 28.8 Å². The molecule has 1 aromatic rings. The lowest BCUT2D eigenvalue weighted by Gasteiger charge is -2.28. The van der Waals surface area contributed by atoms with Gasteiger partial charge in [-0.3, -0.25) is 4.79 Å². The van der Waals surface area contributed by atoms with Gasteiger partial charge in [-0.25, -0.2) is 0 Å². The molecule has 0 aromatic heterocycles. The summed E-state index contributed by atoms with van der Waals surface area (Å²) < 4.78 is 5.56. The van der Waals surface area contributed by atoms with E-state index >= 15 is 0 Å². The zero-order chi connectivity index (χ0) is 13.8. The molecule has 0 radical (unpaired) electrons. The van der Waals surface area contributed by atoms with Crippen LogP contribution in [-0.4, -0.2) is 18.6 Å². The Labute approximate surface area is 118 Å². The van der Waals surface area contributed by atoms with E-state index in [9.17, 15) is 4.79 Å². The molecule has 1 aliphatic rings. The number of carbonyl (C=O) groups excluding carboxylic acids is 1. The van der Waals surface area contributed by atoms with Crippen LogP contribution in [-0.2, 0) is 4.79 Å². The third-order valence-electron chi connectivity index (χ3n) is 3.28. The summed E-state index contributed by atoms with van der Waals surface area (Å²) in [4.78, 5) is 12.0. The minimum Gasteiger partial charge on any atom is -0.492 e. The Bertz CT molecular complexity index is 465. The number of carbonyl (C=O) groups is 1. The van der Waals surface area contributed by atoms with Gasteiger partial charge in [0.05, 0.1) is 23.7 Å². The number of hydrogen-bond acceptors (Lipinski definition) is 3.